The Labute approximate surface area is 153 Å². The Balaban J connectivity index is 1.95. The van der Waals surface area contributed by atoms with Crippen molar-refractivity contribution in [3.05, 3.63) is 44.0 Å². The van der Waals surface area contributed by atoms with Crippen molar-refractivity contribution in [1.29, 1.82) is 0 Å². The number of thiophene rings is 1. The third-order valence-corrected chi connectivity index (χ3v) is 5.15. The van der Waals surface area contributed by atoms with Gasteiger partial charge in [0.25, 0.3) is 0 Å². The summed E-state index contributed by atoms with van der Waals surface area (Å²) in [5, 5.41) is 6.03. The molecule has 0 unspecified atom stereocenters. The Hall–Kier alpha value is -1.24. The molecule has 4 nitrogen and oxygen atoms in total. The van der Waals surface area contributed by atoms with Gasteiger partial charge >= 0.3 is 6.09 Å². The molecular weight excluding hydrogens is 400 g/mol. The second kappa shape index (κ2) is 7.55. The summed E-state index contributed by atoms with van der Waals surface area (Å²) in [5.41, 5.74) is 1.06. The Morgan fingerprint density at radius 2 is 2.00 bits per heavy atom. The molecule has 23 heavy (non-hydrogen) atoms. The van der Waals surface area contributed by atoms with E-state index in [9.17, 15) is 4.79 Å². The maximum absolute atomic E-state index is 11.8. The summed E-state index contributed by atoms with van der Waals surface area (Å²) in [4.78, 5) is 12.9. The second-order valence-electron chi connectivity index (χ2n) is 5.90. The van der Waals surface area contributed by atoms with Crippen LogP contribution in [0.15, 0.2) is 34.8 Å². The summed E-state index contributed by atoms with van der Waals surface area (Å²) in [7, 11) is 0. The monoisotopic (exact) mass is 416 g/mol. The van der Waals surface area contributed by atoms with Crippen LogP contribution in [0.4, 0.5) is 16.2 Å². The predicted octanol–water partition coefficient (Wildman–Crippen LogP) is 6.12. The minimum Gasteiger partial charge on any atom is -0.444 e. The van der Waals surface area contributed by atoms with Crippen LogP contribution in [0, 0.1) is 0 Å². The van der Waals surface area contributed by atoms with E-state index in [-0.39, 0.29) is 0 Å². The molecule has 7 heteroatoms. The molecule has 0 spiro atoms. The SMILES string of the molecule is CC(C)(C)OC(=O)Nc1cccc(NCc2cc(Br)c(Cl)s2)c1. The lowest BCUT2D eigenvalue weighted by Gasteiger charge is -2.19. The van der Waals surface area contributed by atoms with Gasteiger partial charge in [0.1, 0.15) is 9.94 Å². The number of carbonyl (C=O) groups is 1. The lowest BCUT2D eigenvalue weighted by molar-refractivity contribution is 0.0636. The zero-order chi connectivity index (χ0) is 17.0. The molecule has 1 amide bonds. The van der Waals surface area contributed by atoms with Crippen molar-refractivity contribution < 1.29 is 9.53 Å². The van der Waals surface area contributed by atoms with E-state index in [4.69, 9.17) is 16.3 Å². The predicted molar refractivity (Wildman–Crippen MR) is 101 cm³/mol. The summed E-state index contributed by atoms with van der Waals surface area (Å²) in [6, 6.07) is 9.46. The smallest absolute Gasteiger partial charge is 0.412 e. The summed E-state index contributed by atoms with van der Waals surface area (Å²) in [6.07, 6.45) is -0.469. The first-order valence-electron chi connectivity index (χ1n) is 7.00. The number of hydrogen-bond acceptors (Lipinski definition) is 4. The summed E-state index contributed by atoms with van der Waals surface area (Å²) in [5.74, 6) is 0. The number of hydrogen-bond donors (Lipinski definition) is 2. The second-order valence-corrected chi connectivity index (χ2v) is 8.49. The molecule has 0 aliphatic heterocycles. The van der Waals surface area contributed by atoms with Crippen molar-refractivity contribution in [3.63, 3.8) is 0 Å². The number of ether oxygens (including phenoxy) is 1. The topological polar surface area (TPSA) is 50.4 Å². The first kappa shape index (κ1) is 18.1. The average Bonchev–Trinajstić information content (AvgIpc) is 2.74. The highest BCUT2D eigenvalue weighted by atomic mass is 79.9. The van der Waals surface area contributed by atoms with Gasteiger partial charge in [-0.1, -0.05) is 17.7 Å². The van der Waals surface area contributed by atoms with Gasteiger partial charge < -0.3 is 10.1 Å². The van der Waals surface area contributed by atoms with Crippen LogP contribution in [0.3, 0.4) is 0 Å². The minimum atomic E-state index is -0.522. The number of anilines is 2. The number of rotatable bonds is 4. The van der Waals surface area contributed by atoms with E-state index in [1.165, 1.54) is 11.3 Å². The first-order chi connectivity index (χ1) is 10.7. The van der Waals surface area contributed by atoms with Crippen LogP contribution in [-0.4, -0.2) is 11.7 Å². The number of amides is 1. The van der Waals surface area contributed by atoms with E-state index >= 15 is 0 Å². The number of halogens is 2. The van der Waals surface area contributed by atoms with Gasteiger partial charge in [0.2, 0.25) is 0 Å². The van der Waals surface area contributed by atoms with Gasteiger partial charge in [-0.3, -0.25) is 5.32 Å². The molecule has 2 N–H and O–H groups in total. The summed E-state index contributed by atoms with van der Waals surface area (Å²) in [6.45, 7) is 6.14. The van der Waals surface area contributed by atoms with E-state index < -0.39 is 11.7 Å². The normalized spacial score (nSPS) is 11.2. The van der Waals surface area contributed by atoms with E-state index in [2.05, 4.69) is 26.6 Å². The molecule has 0 fully saturated rings. The van der Waals surface area contributed by atoms with E-state index in [1.54, 1.807) is 0 Å². The fraction of sp³-hybridized carbons (Fsp3) is 0.312. The maximum Gasteiger partial charge on any atom is 0.412 e. The van der Waals surface area contributed by atoms with Crippen molar-refractivity contribution in [3.8, 4) is 0 Å². The Morgan fingerprint density at radius 1 is 1.30 bits per heavy atom. The van der Waals surface area contributed by atoms with Crippen LogP contribution >= 0.6 is 38.9 Å². The molecule has 2 rings (SSSR count). The molecule has 0 aliphatic rings. The average molecular weight is 418 g/mol. The first-order valence-corrected chi connectivity index (χ1v) is 8.99. The Bertz CT molecular complexity index is 678. The number of benzene rings is 1. The highest BCUT2D eigenvalue weighted by Crippen LogP contribution is 2.32. The van der Waals surface area contributed by atoms with Gasteiger partial charge in [-0.2, -0.15) is 0 Å². The van der Waals surface area contributed by atoms with Crippen LogP contribution in [0.1, 0.15) is 25.6 Å². The number of carbonyl (C=O) groups excluding carboxylic acids is 1. The van der Waals surface area contributed by atoms with E-state index in [1.807, 2.05) is 51.1 Å². The van der Waals surface area contributed by atoms with Crippen LogP contribution in [0.2, 0.25) is 4.34 Å². The molecular formula is C16H18BrClN2O2S. The lowest BCUT2D eigenvalue weighted by Crippen LogP contribution is -2.27. The third kappa shape index (κ3) is 6.05. The van der Waals surface area contributed by atoms with Gasteiger partial charge in [-0.05, 0) is 61.0 Å². The highest BCUT2D eigenvalue weighted by Gasteiger charge is 2.16. The largest absolute Gasteiger partial charge is 0.444 e. The van der Waals surface area contributed by atoms with Gasteiger partial charge in [-0.15, -0.1) is 11.3 Å². The third-order valence-electron chi connectivity index (χ3n) is 2.67. The van der Waals surface area contributed by atoms with Crippen LogP contribution in [-0.2, 0) is 11.3 Å². The maximum atomic E-state index is 11.8. The zero-order valence-electron chi connectivity index (χ0n) is 13.1. The molecule has 124 valence electrons. The molecule has 1 aromatic carbocycles. The van der Waals surface area contributed by atoms with Crippen molar-refractivity contribution in [1.82, 2.24) is 0 Å². The van der Waals surface area contributed by atoms with Crippen molar-refractivity contribution >= 4 is 56.3 Å². The van der Waals surface area contributed by atoms with E-state index in [0.29, 0.717) is 12.2 Å². The molecule has 1 heterocycles. The quantitative estimate of drug-likeness (QED) is 0.629. The fourth-order valence-electron chi connectivity index (χ4n) is 1.80. The summed E-state index contributed by atoms with van der Waals surface area (Å²) < 4.78 is 6.88. The molecule has 0 saturated carbocycles. The number of nitrogens with one attached hydrogen (secondary N) is 2. The van der Waals surface area contributed by atoms with Crippen LogP contribution in [0.25, 0.3) is 0 Å². The van der Waals surface area contributed by atoms with Crippen molar-refractivity contribution in [2.45, 2.75) is 32.9 Å². The molecule has 0 saturated heterocycles. The van der Waals surface area contributed by atoms with Gasteiger partial charge in [0.15, 0.2) is 0 Å². The highest BCUT2D eigenvalue weighted by molar-refractivity contribution is 9.10. The molecule has 0 atom stereocenters. The van der Waals surface area contributed by atoms with E-state index in [0.717, 1.165) is 19.4 Å². The van der Waals surface area contributed by atoms with Crippen molar-refractivity contribution in [2.24, 2.45) is 0 Å². The standard InChI is InChI=1S/C16H18BrClN2O2S/c1-16(2,3)22-15(21)20-11-6-4-5-10(7-11)19-9-12-8-13(17)14(18)23-12/h4-8,19H,9H2,1-3H3,(H,20,21). The van der Waals surface area contributed by atoms with Crippen molar-refractivity contribution in [2.75, 3.05) is 10.6 Å². The van der Waals surface area contributed by atoms with Gasteiger partial charge in [0.05, 0.1) is 0 Å². The minimum absolute atomic E-state index is 0.469. The van der Waals surface area contributed by atoms with Gasteiger partial charge in [-0.25, -0.2) is 4.79 Å². The van der Waals surface area contributed by atoms with Gasteiger partial charge in [0, 0.05) is 27.3 Å². The molecule has 0 radical (unpaired) electrons. The fourth-order valence-corrected chi connectivity index (χ4v) is 3.53. The summed E-state index contributed by atoms with van der Waals surface area (Å²) >= 11 is 10.9. The molecule has 0 aliphatic carbocycles. The zero-order valence-corrected chi connectivity index (χ0v) is 16.2. The molecule has 0 bridgehead atoms. The van der Waals surface area contributed by atoms with Crippen LogP contribution < -0.4 is 10.6 Å². The Morgan fingerprint density at radius 3 is 2.61 bits per heavy atom. The Kier molecular flexibility index (Phi) is 5.95. The van der Waals surface area contributed by atoms with Crippen LogP contribution in [0.5, 0.6) is 0 Å². The molecule has 2 aromatic rings. The molecule has 1 aromatic heterocycles. The lowest BCUT2D eigenvalue weighted by atomic mass is 10.2.